The van der Waals surface area contributed by atoms with Crippen molar-refractivity contribution in [2.45, 2.75) is 69.0 Å². The molecular weight excluding hydrogens is 338 g/mol. The monoisotopic (exact) mass is 363 g/mol. The first-order valence-electron chi connectivity index (χ1n) is 9.39. The molecule has 2 saturated carbocycles. The summed E-state index contributed by atoms with van der Waals surface area (Å²) in [6, 6.07) is 2.71. The molecule has 0 bridgehead atoms. The van der Waals surface area contributed by atoms with Crippen molar-refractivity contribution in [2.24, 2.45) is 11.8 Å². The third-order valence-corrected chi connectivity index (χ3v) is 6.08. The number of carbonyl (C=O) groups excluding carboxylic acids is 1. The number of piperidine rings is 1. The highest BCUT2D eigenvalue weighted by molar-refractivity contribution is 6.20. The lowest BCUT2D eigenvalue weighted by atomic mass is 9.74. The zero-order valence-corrected chi connectivity index (χ0v) is 15.3. The van der Waals surface area contributed by atoms with Crippen LogP contribution in [0.2, 0.25) is 0 Å². The Labute approximate surface area is 153 Å². The van der Waals surface area contributed by atoms with E-state index in [-0.39, 0.29) is 23.2 Å². The Morgan fingerprint density at radius 1 is 1.28 bits per heavy atom. The Morgan fingerprint density at radius 2 is 2.12 bits per heavy atom. The molecule has 3 fully saturated rings. The normalized spacial score (nSPS) is 33.1. The average Bonchev–Trinajstić information content (AvgIpc) is 3.39. The van der Waals surface area contributed by atoms with Crippen molar-refractivity contribution >= 4 is 29.3 Å². The van der Waals surface area contributed by atoms with Crippen LogP contribution in [0.15, 0.2) is 12.3 Å². The minimum absolute atomic E-state index is 0.0205. The number of alkyl halides is 1. The van der Waals surface area contributed by atoms with E-state index >= 15 is 0 Å². The van der Waals surface area contributed by atoms with Crippen molar-refractivity contribution in [3.63, 3.8) is 0 Å². The second kappa shape index (κ2) is 6.98. The fourth-order valence-corrected chi connectivity index (χ4v) is 4.42. The van der Waals surface area contributed by atoms with Crippen molar-refractivity contribution in [2.75, 3.05) is 10.6 Å². The second-order valence-corrected chi connectivity index (χ2v) is 8.36. The molecule has 4 rings (SSSR count). The van der Waals surface area contributed by atoms with Gasteiger partial charge in [-0.1, -0.05) is 0 Å². The third-order valence-electron chi connectivity index (χ3n) is 5.68. The summed E-state index contributed by atoms with van der Waals surface area (Å²) < 4.78 is 0. The molecule has 1 aromatic heterocycles. The smallest absolute Gasteiger partial charge is 0.225 e. The Hall–Kier alpha value is -1.56. The molecule has 136 valence electrons. The van der Waals surface area contributed by atoms with E-state index in [1.165, 1.54) is 12.8 Å². The van der Waals surface area contributed by atoms with Crippen LogP contribution < -0.4 is 16.0 Å². The maximum Gasteiger partial charge on any atom is 0.225 e. The highest BCUT2D eigenvalue weighted by Gasteiger charge is 2.41. The van der Waals surface area contributed by atoms with Gasteiger partial charge in [-0.15, -0.1) is 11.6 Å². The van der Waals surface area contributed by atoms with Crippen LogP contribution in [0.4, 0.5) is 11.8 Å². The summed E-state index contributed by atoms with van der Waals surface area (Å²) in [7, 11) is 0. The number of hydrogen-bond donors (Lipinski definition) is 3. The number of halogens is 1. The van der Waals surface area contributed by atoms with Gasteiger partial charge < -0.3 is 16.0 Å². The average molecular weight is 364 g/mol. The van der Waals surface area contributed by atoms with Gasteiger partial charge in [0.25, 0.3) is 0 Å². The molecule has 0 radical (unpaired) electrons. The number of nitrogens with zero attached hydrogens (tertiary/aromatic N) is 2. The number of carbonyl (C=O) groups is 1. The largest absolute Gasteiger partial charge is 0.367 e. The van der Waals surface area contributed by atoms with E-state index in [0.29, 0.717) is 23.9 Å². The van der Waals surface area contributed by atoms with Gasteiger partial charge in [-0.25, -0.2) is 4.98 Å². The zero-order valence-electron chi connectivity index (χ0n) is 14.5. The maximum absolute atomic E-state index is 12.5. The number of amides is 1. The first-order chi connectivity index (χ1) is 12.1. The first-order valence-corrected chi connectivity index (χ1v) is 9.82. The van der Waals surface area contributed by atoms with E-state index in [9.17, 15) is 4.79 Å². The fraction of sp³-hybridized carbons (Fsp3) is 0.722. The van der Waals surface area contributed by atoms with Gasteiger partial charge in [-0.3, -0.25) is 4.79 Å². The maximum atomic E-state index is 12.5. The van der Waals surface area contributed by atoms with Gasteiger partial charge in [-0.05, 0) is 57.4 Å². The molecule has 2 heterocycles. The Morgan fingerprint density at radius 3 is 2.92 bits per heavy atom. The Kier molecular flexibility index (Phi) is 4.71. The second-order valence-electron chi connectivity index (χ2n) is 7.74. The predicted octanol–water partition coefficient (Wildman–Crippen LogP) is 2.76. The standard InChI is InChI=1S/C18H26ClN5O/c1-10(21-18-20-7-6-16(24-18)22-13-3-4-13)14-9-11-8-12(19)2-5-15(11)23-17(14)25/h6-7,10-15H,2-5,8-9H2,1H3,(H,23,25)(H2,20,21,22,24)/t10-,11?,12?,14?,15?/m0/s1. The molecule has 3 aliphatic rings. The van der Waals surface area contributed by atoms with Crippen molar-refractivity contribution in [3.05, 3.63) is 12.3 Å². The lowest BCUT2D eigenvalue weighted by Crippen LogP contribution is -2.55. The molecule has 0 aromatic carbocycles. The van der Waals surface area contributed by atoms with Crippen molar-refractivity contribution in [1.29, 1.82) is 0 Å². The van der Waals surface area contributed by atoms with Crippen molar-refractivity contribution in [1.82, 2.24) is 15.3 Å². The molecular formula is C18H26ClN5O. The summed E-state index contributed by atoms with van der Waals surface area (Å²) in [5, 5.41) is 10.2. The van der Waals surface area contributed by atoms with Gasteiger partial charge in [-0.2, -0.15) is 4.98 Å². The molecule has 1 saturated heterocycles. The van der Waals surface area contributed by atoms with E-state index < -0.39 is 0 Å². The summed E-state index contributed by atoms with van der Waals surface area (Å²) >= 11 is 6.34. The minimum Gasteiger partial charge on any atom is -0.367 e. The SMILES string of the molecule is C[C@H](Nc1nccc(NC2CC2)n1)C1CC2CC(Cl)CCC2NC1=O. The zero-order chi connectivity index (χ0) is 17.4. The molecule has 0 spiro atoms. The summed E-state index contributed by atoms with van der Waals surface area (Å²) in [6.45, 7) is 2.04. The van der Waals surface area contributed by atoms with Crippen LogP contribution in [-0.4, -0.2) is 39.4 Å². The molecule has 6 nitrogen and oxygen atoms in total. The van der Waals surface area contributed by atoms with Gasteiger partial charge in [0.15, 0.2) is 0 Å². The van der Waals surface area contributed by atoms with Crippen LogP contribution in [0.1, 0.15) is 45.4 Å². The Bertz CT molecular complexity index is 638. The molecule has 1 aliphatic heterocycles. The summed E-state index contributed by atoms with van der Waals surface area (Å²) in [5.41, 5.74) is 0. The third kappa shape index (κ3) is 4.00. The quantitative estimate of drug-likeness (QED) is 0.701. The molecule has 3 N–H and O–H groups in total. The topological polar surface area (TPSA) is 78.9 Å². The number of nitrogens with one attached hydrogen (secondary N) is 3. The van der Waals surface area contributed by atoms with E-state index in [4.69, 9.17) is 11.6 Å². The van der Waals surface area contributed by atoms with Gasteiger partial charge >= 0.3 is 0 Å². The lowest BCUT2D eigenvalue weighted by Gasteiger charge is -2.42. The van der Waals surface area contributed by atoms with Crippen LogP contribution in [-0.2, 0) is 4.79 Å². The molecule has 5 atom stereocenters. The van der Waals surface area contributed by atoms with Gasteiger partial charge in [0.05, 0.1) is 5.92 Å². The van der Waals surface area contributed by atoms with E-state index in [2.05, 4.69) is 25.9 Å². The number of fused-ring (bicyclic) bond motifs is 1. The van der Waals surface area contributed by atoms with Crippen molar-refractivity contribution < 1.29 is 4.79 Å². The molecule has 25 heavy (non-hydrogen) atoms. The number of rotatable bonds is 5. The number of hydrogen-bond acceptors (Lipinski definition) is 5. The number of anilines is 2. The lowest BCUT2D eigenvalue weighted by molar-refractivity contribution is -0.130. The summed E-state index contributed by atoms with van der Waals surface area (Å²) in [5.74, 6) is 1.96. The first kappa shape index (κ1) is 16.9. The fourth-order valence-electron chi connectivity index (χ4n) is 4.06. The molecule has 7 heteroatoms. The van der Waals surface area contributed by atoms with E-state index in [1.54, 1.807) is 6.20 Å². The molecule has 1 amide bonds. The summed E-state index contributed by atoms with van der Waals surface area (Å²) in [4.78, 5) is 21.4. The van der Waals surface area contributed by atoms with Crippen LogP contribution in [0.5, 0.6) is 0 Å². The van der Waals surface area contributed by atoms with Crippen molar-refractivity contribution in [3.8, 4) is 0 Å². The van der Waals surface area contributed by atoms with Gasteiger partial charge in [0.1, 0.15) is 5.82 Å². The van der Waals surface area contributed by atoms with Crippen LogP contribution in [0.3, 0.4) is 0 Å². The van der Waals surface area contributed by atoms with E-state index in [0.717, 1.165) is 31.5 Å². The molecule has 2 aliphatic carbocycles. The van der Waals surface area contributed by atoms with Crippen LogP contribution >= 0.6 is 11.6 Å². The van der Waals surface area contributed by atoms with Crippen LogP contribution in [0.25, 0.3) is 0 Å². The summed E-state index contributed by atoms with van der Waals surface area (Å²) in [6.07, 6.45) is 8.03. The number of aromatic nitrogens is 2. The highest BCUT2D eigenvalue weighted by Crippen LogP contribution is 2.36. The Balaban J connectivity index is 1.39. The van der Waals surface area contributed by atoms with Crippen LogP contribution in [0, 0.1) is 11.8 Å². The van der Waals surface area contributed by atoms with Gasteiger partial charge in [0, 0.05) is 29.7 Å². The van der Waals surface area contributed by atoms with Gasteiger partial charge in [0.2, 0.25) is 11.9 Å². The van der Waals surface area contributed by atoms with E-state index in [1.807, 2.05) is 13.0 Å². The molecule has 4 unspecified atom stereocenters. The predicted molar refractivity (Wildman–Crippen MR) is 98.8 cm³/mol. The highest BCUT2D eigenvalue weighted by atomic mass is 35.5. The minimum atomic E-state index is -0.0770. The molecule has 1 aromatic rings.